The zero-order chi connectivity index (χ0) is 6.12. The zero-order valence-electron chi connectivity index (χ0n) is 3.92. The minimum Gasteiger partial charge on any atom is -0.162 e. The van der Waals surface area contributed by atoms with Gasteiger partial charge in [0.15, 0.2) is 0 Å². The molecule has 7 heavy (non-hydrogen) atoms. The van der Waals surface area contributed by atoms with Crippen molar-refractivity contribution in [1.82, 2.24) is 0 Å². The van der Waals surface area contributed by atoms with Crippen LogP contribution in [-0.2, 0) is 4.57 Å². The van der Waals surface area contributed by atoms with E-state index in [1.54, 1.807) is 12.2 Å². The average molecular weight is 119 g/mol. The lowest BCUT2D eigenvalue weighted by Crippen LogP contribution is -1.21. The maximum atomic E-state index is 8.51. The Bertz CT molecular complexity index is 54.7. The summed E-state index contributed by atoms with van der Waals surface area (Å²) in [4.78, 5) is 7.04. The van der Waals surface area contributed by atoms with Gasteiger partial charge in [-0.15, -0.1) is 0 Å². The Labute approximate surface area is 44.5 Å². The van der Waals surface area contributed by atoms with Gasteiger partial charge in [-0.1, -0.05) is 25.3 Å². The topological polar surface area (TPSA) is 37.3 Å². The Morgan fingerprint density at radius 1 is 1.43 bits per heavy atom. The summed E-state index contributed by atoms with van der Waals surface area (Å²) in [6.07, 6.45) is 3.28. The first kappa shape index (κ1) is 9.74. The molecule has 0 aliphatic heterocycles. The first-order valence-corrected chi connectivity index (χ1v) is 2.43. The summed E-state index contributed by atoms with van der Waals surface area (Å²) in [5.41, 5.74) is 0. The molecule has 40 valence electrons. The molecule has 2 nitrogen and oxygen atoms in total. The lowest BCUT2D eigenvalue weighted by molar-refractivity contribution is 0.524. The van der Waals surface area contributed by atoms with Crippen molar-refractivity contribution in [3.8, 4) is 0 Å². The predicted molar refractivity (Wildman–Crippen MR) is 31.6 cm³/mol. The van der Waals surface area contributed by atoms with E-state index < -0.39 is 8.69 Å². The van der Waals surface area contributed by atoms with E-state index in [2.05, 4.69) is 13.2 Å². The highest BCUT2D eigenvalue weighted by Gasteiger charge is 1.45. The second-order valence-corrected chi connectivity index (χ2v) is 0.745. The first-order chi connectivity index (χ1) is 3.33. The Kier molecular flexibility index (Phi) is 24.6. The van der Waals surface area contributed by atoms with E-state index in [9.17, 15) is 0 Å². The van der Waals surface area contributed by atoms with E-state index in [0.717, 1.165) is 0 Å². The van der Waals surface area contributed by atoms with Crippen molar-refractivity contribution in [2.24, 2.45) is 0 Å². The van der Waals surface area contributed by atoms with Crippen LogP contribution in [0.2, 0.25) is 0 Å². The van der Waals surface area contributed by atoms with Crippen molar-refractivity contribution in [1.29, 1.82) is 0 Å². The largest absolute Gasteiger partial charge is 0.491 e. The summed E-state index contributed by atoms with van der Waals surface area (Å²) < 4.78 is 8.51. The summed E-state index contributed by atoms with van der Waals surface area (Å²) >= 11 is 0. The van der Waals surface area contributed by atoms with E-state index in [1.165, 1.54) is 0 Å². The summed E-state index contributed by atoms with van der Waals surface area (Å²) in [5, 5.41) is 0. The van der Waals surface area contributed by atoms with Gasteiger partial charge in [-0.05, 0) is 4.57 Å². The minimum atomic E-state index is -1.17. The van der Waals surface area contributed by atoms with Crippen LogP contribution in [-0.4, -0.2) is 4.89 Å². The van der Waals surface area contributed by atoms with Gasteiger partial charge < -0.3 is 0 Å². The minimum absolute atomic E-state index is 1.17. The molecule has 0 spiro atoms. The molecule has 0 aromatic heterocycles. The molecular weight excluding hydrogens is 111 g/mol. The van der Waals surface area contributed by atoms with Crippen LogP contribution in [0.3, 0.4) is 0 Å². The van der Waals surface area contributed by atoms with Crippen LogP contribution < -0.4 is 0 Å². The van der Waals surface area contributed by atoms with Crippen molar-refractivity contribution >= 4 is 8.69 Å². The fourth-order valence-electron chi connectivity index (χ4n) is 0. The normalized spacial score (nSPS) is 5.86. The van der Waals surface area contributed by atoms with E-state index in [1.807, 2.05) is 0 Å². The standard InChI is InChI=1S/C4H6.HO2P/c1-3-4-2;1-3-2/h3-4H,1-2H2;3H/p+1. The molecule has 0 radical (unpaired) electrons. The van der Waals surface area contributed by atoms with Crippen molar-refractivity contribution in [3.05, 3.63) is 25.3 Å². The smallest absolute Gasteiger partial charge is 0.162 e. The number of hydrogen-bond acceptors (Lipinski definition) is 1. The molecule has 0 heterocycles. The third-order valence-electron chi connectivity index (χ3n) is 0.167. The molecule has 0 aliphatic rings. The van der Waals surface area contributed by atoms with Crippen LogP contribution >= 0.6 is 8.69 Å². The van der Waals surface area contributed by atoms with Gasteiger partial charge in [0.25, 0.3) is 0 Å². The Balaban J connectivity index is 0. The van der Waals surface area contributed by atoms with Crippen LogP contribution in [0.25, 0.3) is 0 Å². The zero-order valence-corrected chi connectivity index (χ0v) is 4.92. The highest BCUT2D eigenvalue weighted by Crippen LogP contribution is 1.66. The Morgan fingerprint density at radius 3 is 1.57 bits per heavy atom. The SMILES string of the molecule is C=CC=C.O=[PH+]O. The highest BCUT2D eigenvalue weighted by atomic mass is 31.1. The molecule has 0 aromatic carbocycles. The number of allylic oxidation sites excluding steroid dienone is 2. The maximum absolute atomic E-state index is 8.51. The Hall–Kier alpha value is -0.460. The molecule has 1 N–H and O–H groups in total. The molecule has 0 bridgehead atoms. The molecular formula is C4H8O2P+. The summed E-state index contributed by atoms with van der Waals surface area (Å²) in [6, 6.07) is 0. The Morgan fingerprint density at radius 2 is 1.57 bits per heavy atom. The molecule has 0 rings (SSSR count). The van der Waals surface area contributed by atoms with E-state index in [-0.39, 0.29) is 0 Å². The molecule has 3 heteroatoms. The van der Waals surface area contributed by atoms with Gasteiger partial charge in [0.05, 0.1) is 0 Å². The number of hydrogen-bond donors (Lipinski definition) is 1. The van der Waals surface area contributed by atoms with Gasteiger partial charge in [-0.25, -0.2) is 0 Å². The predicted octanol–water partition coefficient (Wildman–Crippen LogP) is 1.28. The van der Waals surface area contributed by atoms with Crippen LogP contribution in [0.1, 0.15) is 0 Å². The first-order valence-electron chi connectivity index (χ1n) is 1.58. The summed E-state index contributed by atoms with van der Waals surface area (Å²) in [5.74, 6) is 0. The fourth-order valence-corrected chi connectivity index (χ4v) is 0. The van der Waals surface area contributed by atoms with Crippen molar-refractivity contribution in [3.63, 3.8) is 0 Å². The van der Waals surface area contributed by atoms with Gasteiger partial charge in [-0.3, -0.25) is 0 Å². The van der Waals surface area contributed by atoms with Gasteiger partial charge in [0.1, 0.15) is 0 Å². The summed E-state index contributed by atoms with van der Waals surface area (Å²) in [7, 11) is -1.17. The van der Waals surface area contributed by atoms with Crippen LogP contribution in [0, 0.1) is 0 Å². The average Bonchev–Trinajstić information content (AvgIpc) is 1.69. The van der Waals surface area contributed by atoms with Gasteiger partial charge in [0, 0.05) is 0 Å². The highest BCUT2D eigenvalue weighted by molar-refractivity contribution is 7.16. The van der Waals surface area contributed by atoms with Gasteiger partial charge >= 0.3 is 8.69 Å². The maximum Gasteiger partial charge on any atom is 0.491 e. The third kappa shape index (κ3) is 238. The molecule has 0 amide bonds. The molecule has 0 fully saturated rings. The molecule has 0 aliphatic carbocycles. The van der Waals surface area contributed by atoms with Gasteiger partial charge in [0.2, 0.25) is 0 Å². The molecule has 0 saturated heterocycles. The van der Waals surface area contributed by atoms with Crippen molar-refractivity contribution in [2.45, 2.75) is 0 Å². The van der Waals surface area contributed by atoms with Crippen molar-refractivity contribution < 1.29 is 9.46 Å². The lowest BCUT2D eigenvalue weighted by atomic mass is 10.6. The number of rotatable bonds is 1. The fraction of sp³-hybridized carbons (Fsp3) is 0. The van der Waals surface area contributed by atoms with Crippen LogP contribution in [0.15, 0.2) is 25.3 Å². The quantitative estimate of drug-likeness (QED) is 0.417. The second-order valence-electron chi connectivity index (χ2n) is 0.563. The monoisotopic (exact) mass is 119 g/mol. The van der Waals surface area contributed by atoms with Crippen molar-refractivity contribution in [2.75, 3.05) is 0 Å². The van der Waals surface area contributed by atoms with E-state index >= 15 is 0 Å². The lowest BCUT2D eigenvalue weighted by Gasteiger charge is -1.44. The molecule has 1 unspecified atom stereocenters. The third-order valence-corrected chi connectivity index (χ3v) is 0.167. The second kappa shape index (κ2) is 17.7. The van der Waals surface area contributed by atoms with E-state index in [4.69, 9.17) is 9.46 Å². The van der Waals surface area contributed by atoms with Crippen LogP contribution in [0.4, 0.5) is 0 Å². The van der Waals surface area contributed by atoms with Gasteiger partial charge in [-0.2, -0.15) is 4.89 Å². The molecule has 1 atom stereocenters. The summed E-state index contributed by atoms with van der Waals surface area (Å²) in [6.45, 7) is 6.72. The molecule has 0 saturated carbocycles. The van der Waals surface area contributed by atoms with Crippen LogP contribution in [0.5, 0.6) is 0 Å². The van der Waals surface area contributed by atoms with E-state index in [0.29, 0.717) is 0 Å². The molecule has 0 aromatic rings.